The maximum absolute atomic E-state index is 5.97. The van der Waals surface area contributed by atoms with Crippen molar-refractivity contribution in [2.24, 2.45) is 0 Å². The van der Waals surface area contributed by atoms with Gasteiger partial charge in [-0.25, -0.2) is 0 Å². The molecule has 100 valence electrons. The zero-order valence-corrected chi connectivity index (χ0v) is 13.7. The summed E-state index contributed by atoms with van der Waals surface area (Å²) in [4.78, 5) is 0. The molecule has 18 heavy (non-hydrogen) atoms. The summed E-state index contributed by atoms with van der Waals surface area (Å²) in [6.07, 6.45) is 2.46. The van der Waals surface area contributed by atoms with E-state index < -0.39 is 0 Å². The van der Waals surface area contributed by atoms with Crippen LogP contribution in [0.1, 0.15) is 19.8 Å². The van der Waals surface area contributed by atoms with Crippen LogP contribution in [0.25, 0.3) is 0 Å². The minimum atomic E-state index is 0.311. The topological polar surface area (TPSA) is 30.5 Å². The van der Waals surface area contributed by atoms with Crippen LogP contribution in [-0.4, -0.2) is 25.8 Å². The zero-order valence-electron chi connectivity index (χ0n) is 10.5. The van der Waals surface area contributed by atoms with Gasteiger partial charge in [-0.15, -0.1) is 0 Å². The van der Waals surface area contributed by atoms with Crippen molar-refractivity contribution in [1.82, 2.24) is 5.32 Å². The summed E-state index contributed by atoms with van der Waals surface area (Å²) in [5.74, 6) is 1.66. The van der Waals surface area contributed by atoms with Crippen LogP contribution in [0.3, 0.4) is 0 Å². The molecule has 0 bridgehead atoms. The number of hydrogen-bond acceptors (Lipinski definition) is 3. The van der Waals surface area contributed by atoms with Crippen LogP contribution in [0.4, 0.5) is 0 Å². The Morgan fingerprint density at radius 2 is 1.83 bits per heavy atom. The highest BCUT2D eigenvalue weighted by Gasteiger charge is 2.30. The number of benzene rings is 1. The molecule has 5 heteroatoms. The van der Waals surface area contributed by atoms with Crippen molar-refractivity contribution in [3.63, 3.8) is 0 Å². The summed E-state index contributed by atoms with van der Waals surface area (Å²) < 4.78 is 13.0. The summed E-state index contributed by atoms with van der Waals surface area (Å²) in [6, 6.07) is 4.48. The molecule has 0 amide bonds. The van der Waals surface area contributed by atoms with E-state index in [1.165, 1.54) is 0 Å². The van der Waals surface area contributed by atoms with Crippen LogP contribution in [0.2, 0.25) is 0 Å². The third-order valence-corrected chi connectivity index (χ3v) is 4.33. The second-order valence-corrected chi connectivity index (χ2v) is 6.09. The Morgan fingerprint density at radius 1 is 1.22 bits per heavy atom. The van der Waals surface area contributed by atoms with Gasteiger partial charge in [0.1, 0.15) is 17.6 Å². The number of ether oxygens (including phenoxy) is 2. The molecular weight excluding hydrogens is 362 g/mol. The Morgan fingerprint density at radius 3 is 2.44 bits per heavy atom. The van der Waals surface area contributed by atoms with Gasteiger partial charge in [-0.3, -0.25) is 0 Å². The summed E-state index contributed by atoms with van der Waals surface area (Å²) in [6.45, 7) is 3.15. The Kier molecular flexibility index (Phi) is 4.92. The quantitative estimate of drug-likeness (QED) is 0.846. The molecule has 0 radical (unpaired) electrons. The Labute approximate surface area is 124 Å². The summed E-state index contributed by atoms with van der Waals surface area (Å²) in [5, 5.41) is 3.42. The van der Waals surface area contributed by atoms with Gasteiger partial charge in [0, 0.05) is 6.04 Å². The normalized spacial score (nSPS) is 22.4. The Bertz CT molecular complexity index is 420. The lowest BCUT2D eigenvalue weighted by molar-refractivity contribution is 0.0851. The van der Waals surface area contributed by atoms with Gasteiger partial charge in [0.2, 0.25) is 0 Å². The Balaban J connectivity index is 1.96. The van der Waals surface area contributed by atoms with Crippen LogP contribution in [-0.2, 0) is 0 Å². The van der Waals surface area contributed by atoms with Crippen molar-refractivity contribution in [1.29, 1.82) is 0 Å². The predicted molar refractivity (Wildman–Crippen MR) is 79.5 cm³/mol. The first kappa shape index (κ1) is 14.2. The molecule has 1 aromatic rings. The first-order valence-electron chi connectivity index (χ1n) is 6.07. The van der Waals surface area contributed by atoms with Gasteiger partial charge < -0.3 is 14.8 Å². The molecular formula is C13H17Br2NO2. The fourth-order valence-corrected chi connectivity index (χ4v) is 2.95. The van der Waals surface area contributed by atoms with Gasteiger partial charge in [0.05, 0.1) is 16.1 Å². The smallest absolute Gasteiger partial charge is 0.135 e. The van der Waals surface area contributed by atoms with E-state index >= 15 is 0 Å². The SMILES string of the molecule is CCNC1CC(Oc2cc(Br)c(OC)cc2Br)C1. The lowest BCUT2D eigenvalue weighted by atomic mass is 9.89. The fraction of sp³-hybridized carbons (Fsp3) is 0.538. The summed E-state index contributed by atoms with van der Waals surface area (Å²) in [5.41, 5.74) is 0. The number of halogens is 2. The van der Waals surface area contributed by atoms with Gasteiger partial charge in [-0.05, 0) is 63.4 Å². The monoisotopic (exact) mass is 377 g/mol. The zero-order chi connectivity index (χ0) is 13.1. The highest BCUT2D eigenvalue weighted by Crippen LogP contribution is 2.38. The second-order valence-electron chi connectivity index (χ2n) is 4.38. The van der Waals surface area contributed by atoms with Crippen LogP contribution >= 0.6 is 31.9 Å². The molecule has 0 saturated heterocycles. The standard InChI is InChI=1S/C13H17Br2NO2/c1-3-16-8-4-9(5-8)18-13-7-10(14)12(17-2)6-11(13)15/h6-9,16H,3-5H2,1-2H3. The van der Waals surface area contributed by atoms with Gasteiger partial charge in [0.25, 0.3) is 0 Å². The molecule has 3 nitrogen and oxygen atoms in total. The highest BCUT2D eigenvalue weighted by atomic mass is 79.9. The molecule has 0 heterocycles. The van der Waals surface area contributed by atoms with Crippen molar-refractivity contribution < 1.29 is 9.47 Å². The van der Waals surface area contributed by atoms with Crippen molar-refractivity contribution in [2.45, 2.75) is 31.9 Å². The average Bonchev–Trinajstić information content (AvgIpc) is 2.30. The number of methoxy groups -OCH3 is 1. The maximum Gasteiger partial charge on any atom is 0.135 e. The third-order valence-electron chi connectivity index (χ3n) is 3.09. The van der Waals surface area contributed by atoms with E-state index in [-0.39, 0.29) is 0 Å². The molecule has 1 aromatic carbocycles. The molecule has 1 N–H and O–H groups in total. The molecule has 0 aromatic heterocycles. The second kappa shape index (κ2) is 6.26. The van der Waals surface area contributed by atoms with Crippen LogP contribution in [0.5, 0.6) is 11.5 Å². The molecule has 0 spiro atoms. The first-order valence-corrected chi connectivity index (χ1v) is 7.65. The van der Waals surface area contributed by atoms with Crippen LogP contribution < -0.4 is 14.8 Å². The van der Waals surface area contributed by atoms with E-state index in [2.05, 4.69) is 44.1 Å². The van der Waals surface area contributed by atoms with E-state index in [9.17, 15) is 0 Å². The van der Waals surface area contributed by atoms with E-state index in [1.807, 2.05) is 12.1 Å². The van der Waals surface area contributed by atoms with E-state index in [0.717, 1.165) is 39.8 Å². The number of nitrogens with one attached hydrogen (secondary N) is 1. The van der Waals surface area contributed by atoms with Crippen molar-refractivity contribution in [3.8, 4) is 11.5 Å². The fourth-order valence-electron chi connectivity index (χ4n) is 2.05. The van der Waals surface area contributed by atoms with E-state index in [0.29, 0.717) is 12.1 Å². The van der Waals surface area contributed by atoms with Crippen LogP contribution in [0, 0.1) is 0 Å². The summed E-state index contributed by atoms with van der Waals surface area (Å²) >= 11 is 6.98. The van der Waals surface area contributed by atoms with Gasteiger partial charge >= 0.3 is 0 Å². The molecule has 0 atom stereocenters. The molecule has 0 unspecified atom stereocenters. The van der Waals surface area contributed by atoms with Crippen molar-refractivity contribution in [2.75, 3.05) is 13.7 Å². The Hall–Kier alpha value is -0.260. The minimum Gasteiger partial charge on any atom is -0.496 e. The molecule has 2 rings (SSSR count). The van der Waals surface area contributed by atoms with E-state index in [4.69, 9.17) is 9.47 Å². The lowest BCUT2D eigenvalue weighted by Crippen LogP contribution is -2.46. The highest BCUT2D eigenvalue weighted by molar-refractivity contribution is 9.11. The largest absolute Gasteiger partial charge is 0.496 e. The van der Waals surface area contributed by atoms with Gasteiger partial charge in [0.15, 0.2) is 0 Å². The molecule has 0 aliphatic heterocycles. The number of hydrogen-bond donors (Lipinski definition) is 1. The average molecular weight is 379 g/mol. The lowest BCUT2D eigenvalue weighted by Gasteiger charge is -2.36. The predicted octanol–water partition coefficient (Wildman–Crippen LogP) is 3.74. The maximum atomic E-state index is 5.97. The molecule has 1 aliphatic rings. The van der Waals surface area contributed by atoms with Crippen molar-refractivity contribution >= 4 is 31.9 Å². The van der Waals surface area contributed by atoms with E-state index in [1.54, 1.807) is 7.11 Å². The van der Waals surface area contributed by atoms with Gasteiger partial charge in [-0.1, -0.05) is 6.92 Å². The molecule has 1 aliphatic carbocycles. The van der Waals surface area contributed by atoms with Crippen molar-refractivity contribution in [3.05, 3.63) is 21.1 Å². The third kappa shape index (κ3) is 3.19. The first-order chi connectivity index (χ1) is 8.63. The van der Waals surface area contributed by atoms with Crippen LogP contribution in [0.15, 0.2) is 21.1 Å². The molecule has 1 saturated carbocycles. The number of rotatable bonds is 5. The minimum absolute atomic E-state index is 0.311. The van der Waals surface area contributed by atoms with Gasteiger partial charge in [-0.2, -0.15) is 0 Å². The molecule has 1 fully saturated rings. The summed E-state index contributed by atoms with van der Waals surface area (Å²) in [7, 11) is 1.65.